The van der Waals surface area contributed by atoms with Gasteiger partial charge in [-0.1, -0.05) is 117 Å². The maximum atomic E-state index is 5.84. The summed E-state index contributed by atoms with van der Waals surface area (Å²) in [5.41, 5.74) is 0. The zero-order valence-electron chi connectivity index (χ0n) is 16.3. The van der Waals surface area contributed by atoms with Crippen LogP contribution >= 0.6 is 0 Å². The smallest absolute Gasteiger partial charge is 0.0841 e. The Morgan fingerprint density at radius 2 is 0.739 bits per heavy atom. The van der Waals surface area contributed by atoms with Gasteiger partial charge < -0.3 is 4.74 Å². The van der Waals surface area contributed by atoms with Crippen molar-refractivity contribution in [3.05, 3.63) is 0 Å². The first-order valence-corrected chi connectivity index (χ1v) is 11.0. The van der Waals surface area contributed by atoms with Gasteiger partial charge in [-0.25, -0.2) is 0 Å². The normalized spacial score (nSPS) is 20.1. The lowest BCUT2D eigenvalue weighted by atomic mass is 10.0. The topological polar surface area (TPSA) is 12.5 Å². The van der Waals surface area contributed by atoms with Crippen molar-refractivity contribution >= 4 is 0 Å². The van der Waals surface area contributed by atoms with Crippen LogP contribution in [0, 0.1) is 0 Å². The van der Waals surface area contributed by atoms with Crippen molar-refractivity contribution in [2.75, 3.05) is 0 Å². The van der Waals surface area contributed by atoms with Crippen LogP contribution in [0.4, 0.5) is 0 Å². The molecule has 1 saturated heterocycles. The Labute approximate surface area is 147 Å². The van der Waals surface area contributed by atoms with Crippen LogP contribution in [0.15, 0.2) is 0 Å². The number of rotatable bonds is 18. The van der Waals surface area contributed by atoms with Crippen LogP contribution in [0.5, 0.6) is 0 Å². The fourth-order valence-electron chi connectivity index (χ4n) is 3.65. The van der Waals surface area contributed by atoms with E-state index in [1.54, 1.807) is 0 Å². The van der Waals surface area contributed by atoms with E-state index in [4.69, 9.17) is 4.74 Å². The Kier molecular flexibility index (Phi) is 14.1. The number of hydrogen-bond donors (Lipinski definition) is 0. The maximum Gasteiger partial charge on any atom is 0.0841 e. The van der Waals surface area contributed by atoms with E-state index in [9.17, 15) is 0 Å². The second-order valence-corrected chi connectivity index (χ2v) is 7.74. The van der Waals surface area contributed by atoms with Crippen LogP contribution < -0.4 is 0 Å². The van der Waals surface area contributed by atoms with Gasteiger partial charge in [0.2, 0.25) is 0 Å². The van der Waals surface area contributed by atoms with E-state index in [2.05, 4.69) is 13.8 Å². The first kappa shape index (κ1) is 21.0. The molecule has 1 aliphatic heterocycles. The van der Waals surface area contributed by atoms with Crippen molar-refractivity contribution in [2.45, 2.75) is 142 Å². The molecule has 1 heterocycles. The fourth-order valence-corrected chi connectivity index (χ4v) is 3.65. The molecule has 138 valence electrons. The molecule has 0 radical (unpaired) electrons. The van der Waals surface area contributed by atoms with Gasteiger partial charge in [-0.2, -0.15) is 0 Å². The average Bonchev–Trinajstić information content (AvgIpc) is 3.31. The van der Waals surface area contributed by atoms with Crippen LogP contribution in [0.1, 0.15) is 129 Å². The summed E-state index contributed by atoms with van der Waals surface area (Å²) in [5.74, 6) is 0. The molecule has 0 saturated carbocycles. The summed E-state index contributed by atoms with van der Waals surface area (Å²) >= 11 is 0. The lowest BCUT2D eigenvalue weighted by molar-refractivity contribution is 0.347. The highest BCUT2D eigenvalue weighted by Gasteiger charge is 2.36. The average molecular weight is 325 g/mol. The molecule has 1 rings (SSSR count). The third kappa shape index (κ3) is 13.0. The van der Waals surface area contributed by atoms with Crippen LogP contribution in [-0.2, 0) is 4.74 Å². The molecule has 0 bridgehead atoms. The summed E-state index contributed by atoms with van der Waals surface area (Å²) in [6.07, 6.45) is 26.7. The molecule has 0 N–H and O–H groups in total. The Morgan fingerprint density at radius 3 is 1.09 bits per heavy atom. The summed E-state index contributed by atoms with van der Waals surface area (Å²) in [5, 5.41) is 0. The van der Waals surface area contributed by atoms with Crippen molar-refractivity contribution in [3.8, 4) is 0 Å². The van der Waals surface area contributed by atoms with Gasteiger partial charge in [-0.05, 0) is 12.8 Å². The van der Waals surface area contributed by atoms with Gasteiger partial charge >= 0.3 is 0 Å². The minimum absolute atomic E-state index is 0.639. The highest BCUT2D eigenvalue weighted by molar-refractivity contribution is 4.84. The Hall–Kier alpha value is -0.0400. The number of hydrogen-bond acceptors (Lipinski definition) is 1. The molecule has 1 aliphatic rings. The van der Waals surface area contributed by atoms with Crippen molar-refractivity contribution < 1.29 is 4.74 Å². The molecule has 23 heavy (non-hydrogen) atoms. The fraction of sp³-hybridized carbons (Fsp3) is 1.00. The molecule has 1 nitrogen and oxygen atoms in total. The standard InChI is InChI=1S/C22H44O/c1-3-5-7-9-11-13-15-17-19-21-22(23-21)20-18-16-14-12-10-8-6-4-2/h21-22H,3-20H2,1-2H3. The summed E-state index contributed by atoms with van der Waals surface area (Å²) in [6.45, 7) is 4.58. The highest BCUT2D eigenvalue weighted by Crippen LogP contribution is 2.31. The first-order valence-electron chi connectivity index (χ1n) is 11.0. The third-order valence-electron chi connectivity index (χ3n) is 5.37. The second kappa shape index (κ2) is 15.5. The van der Waals surface area contributed by atoms with E-state index in [1.807, 2.05) is 0 Å². The monoisotopic (exact) mass is 324 g/mol. The van der Waals surface area contributed by atoms with Crippen LogP contribution in [0.3, 0.4) is 0 Å². The molecule has 1 fully saturated rings. The summed E-state index contributed by atoms with van der Waals surface area (Å²) in [4.78, 5) is 0. The summed E-state index contributed by atoms with van der Waals surface area (Å²) < 4.78 is 5.84. The molecule has 0 aromatic heterocycles. The third-order valence-corrected chi connectivity index (χ3v) is 5.37. The predicted molar refractivity (Wildman–Crippen MR) is 103 cm³/mol. The van der Waals surface area contributed by atoms with E-state index < -0.39 is 0 Å². The van der Waals surface area contributed by atoms with E-state index >= 15 is 0 Å². The minimum Gasteiger partial charge on any atom is -0.370 e. The maximum absolute atomic E-state index is 5.84. The zero-order chi connectivity index (χ0) is 16.6. The van der Waals surface area contributed by atoms with Gasteiger partial charge in [-0.15, -0.1) is 0 Å². The van der Waals surface area contributed by atoms with E-state index in [1.165, 1.54) is 116 Å². The second-order valence-electron chi connectivity index (χ2n) is 7.74. The van der Waals surface area contributed by atoms with Crippen molar-refractivity contribution in [3.63, 3.8) is 0 Å². The van der Waals surface area contributed by atoms with E-state index in [-0.39, 0.29) is 0 Å². The lowest BCUT2D eigenvalue weighted by Crippen LogP contribution is -1.94. The molecule has 2 atom stereocenters. The molecule has 0 aromatic carbocycles. The van der Waals surface area contributed by atoms with Crippen LogP contribution in [0.2, 0.25) is 0 Å². The Balaban J connectivity index is 1.73. The summed E-state index contributed by atoms with van der Waals surface area (Å²) in [7, 11) is 0. The van der Waals surface area contributed by atoms with Gasteiger partial charge in [0.1, 0.15) is 0 Å². The molecular formula is C22H44O. The SMILES string of the molecule is CCCCCCCCCCC1OC1CCCCCCCCCC. The number of epoxide rings is 1. The molecule has 0 amide bonds. The van der Waals surface area contributed by atoms with Crippen molar-refractivity contribution in [1.82, 2.24) is 0 Å². The quantitative estimate of drug-likeness (QED) is 0.185. The number of ether oxygens (including phenoxy) is 1. The van der Waals surface area contributed by atoms with E-state index in [0.29, 0.717) is 12.2 Å². The number of unbranched alkanes of at least 4 members (excludes halogenated alkanes) is 14. The molecule has 1 heteroatoms. The van der Waals surface area contributed by atoms with Gasteiger partial charge in [0.15, 0.2) is 0 Å². The first-order chi connectivity index (χ1) is 11.4. The lowest BCUT2D eigenvalue weighted by Gasteiger charge is -2.01. The van der Waals surface area contributed by atoms with Crippen molar-refractivity contribution in [1.29, 1.82) is 0 Å². The van der Waals surface area contributed by atoms with E-state index in [0.717, 1.165) is 0 Å². The molecule has 0 spiro atoms. The van der Waals surface area contributed by atoms with Gasteiger partial charge in [0, 0.05) is 0 Å². The Bertz CT molecular complexity index is 214. The Morgan fingerprint density at radius 1 is 0.435 bits per heavy atom. The molecule has 2 unspecified atom stereocenters. The largest absolute Gasteiger partial charge is 0.370 e. The highest BCUT2D eigenvalue weighted by atomic mass is 16.6. The molecule has 0 aromatic rings. The minimum atomic E-state index is 0.639. The van der Waals surface area contributed by atoms with Gasteiger partial charge in [0.25, 0.3) is 0 Å². The molecular weight excluding hydrogens is 280 g/mol. The van der Waals surface area contributed by atoms with Gasteiger partial charge in [0.05, 0.1) is 12.2 Å². The molecule has 0 aliphatic carbocycles. The van der Waals surface area contributed by atoms with Gasteiger partial charge in [-0.3, -0.25) is 0 Å². The summed E-state index contributed by atoms with van der Waals surface area (Å²) in [6, 6.07) is 0. The predicted octanol–water partition coefficient (Wildman–Crippen LogP) is 7.82. The zero-order valence-corrected chi connectivity index (χ0v) is 16.3. The van der Waals surface area contributed by atoms with Crippen LogP contribution in [-0.4, -0.2) is 12.2 Å². The van der Waals surface area contributed by atoms with Crippen molar-refractivity contribution in [2.24, 2.45) is 0 Å². The van der Waals surface area contributed by atoms with Crippen LogP contribution in [0.25, 0.3) is 0 Å².